The quantitative estimate of drug-likeness (QED) is 0.680. The minimum Gasteiger partial charge on any atom is -0.382 e. The molecule has 0 spiro atoms. The molecule has 1 aromatic heterocycles. The molecule has 0 aromatic carbocycles. The second kappa shape index (κ2) is 7.24. The maximum absolute atomic E-state index is 5.58. The normalized spacial score (nSPS) is 12.9. The predicted molar refractivity (Wildman–Crippen MR) is 63.2 cm³/mol. The van der Waals surface area contributed by atoms with E-state index in [0.717, 1.165) is 19.6 Å². The molecule has 2 N–H and O–H groups in total. The summed E-state index contributed by atoms with van der Waals surface area (Å²) in [5, 5.41) is 4.09. The first-order valence-corrected chi connectivity index (χ1v) is 5.70. The third-order valence-corrected chi connectivity index (χ3v) is 2.15. The van der Waals surface area contributed by atoms with Crippen molar-refractivity contribution in [3.05, 3.63) is 12.3 Å². The first kappa shape index (κ1) is 13.0. The average Bonchev–Trinajstić information content (AvgIpc) is 2.67. The molecule has 0 saturated carbocycles. The first-order valence-electron chi connectivity index (χ1n) is 5.70. The Hall–Kier alpha value is -1.07. The summed E-state index contributed by atoms with van der Waals surface area (Å²) in [6.07, 6.45) is 2.96. The number of nitrogens with zero attached hydrogens (tertiary/aromatic N) is 2. The zero-order valence-corrected chi connectivity index (χ0v) is 10.1. The fourth-order valence-electron chi connectivity index (χ4n) is 1.34. The summed E-state index contributed by atoms with van der Waals surface area (Å²) >= 11 is 0. The summed E-state index contributed by atoms with van der Waals surface area (Å²) in [5.41, 5.74) is 5.51. The SMILES string of the molecule is CCOCC(C)OCCCn1ccc(N)n1. The van der Waals surface area contributed by atoms with E-state index in [2.05, 4.69) is 5.10 Å². The molecular weight excluding hydrogens is 206 g/mol. The van der Waals surface area contributed by atoms with Crippen LogP contribution in [0.2, 0.25) is 0 Å². The van der Waals surface area contributed by atoms with E-state index in [9.17, 15) is 0 Å². The molecule has 1 rings (SSSR count). The highest BCUT2D eigenvalue weighted by Gasteiger charge is 2.01. The standard InChI is InChI=1S/C11H21N3O2/c1-3-15-9-10(2)16-8-4-6-14-7-5-11(12)13-14/h5,7,10H,3-4,6,8-9H2,1-2H3,(H2,12,13). The zero-order valence-electron chi connectivity index (χ0n) is 10.1. The van der Waals surface area contributed by atoms with Crippen LogP contribution in [0.15, 0.2) is 12.3 Å². The van der Waals surface area contributed by atoms with Gasteiger partial charge in [0.15, 0.2) is 0 Å². The predicted octanol–water partition coefficient (Wildman–Crippen LogP) is 1.30. The molecule has 5 nitrogen and oxygen atoms in total. The molecule has 0 aliphatic carbocycles. The molecule has 1 atom stereocenters. The summed E-state index contributed by atoms with van der Waals surface area (Å²) in [6, 6.07) is 1.79. The number of aromatic nitrogens is 2. The molecule has 0 bridgehead atoms. The minimum atomic E-state index is 0.155. The molecule has 1 unspecified atom stereocenters. The summed E-state index contributed by atoms with van der Waals surface area (Å²) in [7, 11) is 0. The smallest absolute Gasteiger partial charge is 0.145 e. The molecule has 0 amide bonds. The van der Waals surface area contributed by atoms with Gasteiger partial charge >= 0.3 is 0 Å². The number of ether oxygens (including phenoxy) is 2. The van der Waals surface area contributed by atoms with Gasteiger partial charge in [0.2, 0.25) is 0 Å². The monoisotopic (exact) mass is 227 g/mol. The van der Waals surface area contributed by atoms with E-state index in [1.54, 1.807) is 6.07 Å². The lowest BCUT2D eigenvalue weighted by atomic mass is 10.4. The Balaban J connectivity index is 2.03. The fraction of sp³-hybridized carbons (Fsp3) is 0.727. The van der Waals surface area contributed by atoms with E-state index in [1.807, 2.05) is 24.7 Å². The molecular formula is C11H21N3O2. The van der Waals surface area contributed by atoms with Gasteiger partial charge in [0.1, 0.15) is 5.82 Å². The van der Waals surface area contributed by atoms with Gasteiger partial charge in [0.05, 0.1) is 12.7 Å². The molecule has 92 valence electrons. The van der Waals surface area contributed by atoms with Crippen molar-refractivity contribution in [3.8, 4) is 0 Å². The van der Waals surface area contributed by atoms with Crippen LogP contribution in [-0.4, -0.2) is 35.7 Å². The van der Waals surface area contributed by atoms with Gasteiger partial charge in [0.25, 0.3) is 0 Å². The van der Waals surface area contributed by atoms with E-state index in [0.29, 0.717) is 19.0 Å². The Morgan fingerprint density at radius 2 is 2.38 bits per heavy atom. The van der Waals surface area contributed by atoms with Crippen LogP contribution in [0.3, 0.4) is 0 Å². The van der Waals surface area contributed by atoms with Crippen molar-refractivity contribution >= 4 is 5.82 Å². The Kier molecular flexibility index (Phi) is 5.88. The van der Waals surface area contributed by atoms with Crippen LogP contribution in [0.4, 0.5) is 5.82 Å². The number of hydrogen-bond acceptors (Lipinski definition) is 4. The van der Waals surface area contributed by atoms with Crippen LogP contribution in [0.5, 0.6) is 0 Å². The van der Waals surface area contributed by atoms with Crippen LogP contribution in [0, 0.1) is 0 Å². The van der Waals surface area contributed by atoms with Crippen LogP contribution >= 0.6 is 0 Å². The van der Waals surface area contributed by atoms with E-state index >= 15 is 0 Å². The Morgan fingerprint density at radius 1 is 1.56 bits per heavy atom. The lowest BCUT2D eigenvalue weighted by molar-refractivity contribution is -0.00513. The Bertz CT molecular complexity index is 289. The summed E-state index contributed by atoms with van der Waals surface area (Å²) in [5.74, 6) is 0.561. The van der Waals surface area contributed by atoms with Crippen molar-refractivity contribution in [2.75, 3.05) is 25.6 Å². The highest BCUT2D eigenvalue weighted by atomic mass is 16.5. The van der Waals surface area contributed by atoms with Gasteiger partial charge in [-0.15, -0.1) is 0 Å². The fourth-order valence-corrected chi connectivity index (χ4v) is 1.34. The molecule has 0 aliphatic rings. The van der Waals surface area contributed by atoms with E-state index in [-0.39, 0.29) is 6.10 Å². The zero-order chi connectivity index (χ0) is 11.8. The molecule has 5 heteroatoms. The van der Waals surface area contributed by atoms with Crippen molar-refractivity contribution in [2.45, 2.75) is 32.9 Å². The highest BCUT2D eigenvalue weighted by Crippen LogP contribution is 1.99. The third-order valence-electron chi connectivity index (χ3n) is 2.15. The average molecular weight is 227 g/mol. The maximum atomic E-state index is 5.58. The van der Waals surface area contributed by atoms with Crippen molar-refractivity contribution in [2.24, 2.45) is 0 Å². The Morgan fingerprint density at radius 3 is 3.00 bits per heavy atom. The lowest BCUT2D eigenvalue weighted by Gasteiger charge is -2.12. The van der Waals surface area contributed by atoms with Crippen LogP contribution in [0.1, 0.15) is 20.3 Å². The number of nitrogens with two attached hydrogens (primary N) is 1. The second-order valence-electron chi connectivity index (χ2n) is 3.70. The lowest BCUT2D eigenvalue weighted by Crippen LogP contribution is -2.17. The van der Waals surface area contributed by atoms with Crippen molar-refractivity contribution < 1.29 is 9.47 Å². The van der Waals surface area contributed by atoms with Crippen molar-refractivity contribution in [3.63, 3.8) is 0 Å². The molecule has 0 fully saturated rings. The second-order valence-corrected chi connectivity index (χ2v) is 3.70. The van der Waals surface area contributed by atoms with Crippen LogP contribution in [0.25, 0.3) is 0 Å². The highest BCUT2D eigenvalue weighted by molar-refractivity contribution is 5.23. The van der Waals surface area contributed by atoms with Crippen LogP contribution < -0.4 is 5.73 Å². The molecule has 1 heterocycles. The van der Waals surface area contributed by atoms with Crippen LogP contribution in [-0.2, 0) is 16.0 Å². The largest absolute Gasteiger partial charge is 0.382 e. The van der Waals surface area contributed by atoms with Gasteiger partial charge in [-0.3, -0.25) is 4.68 Å². The van der Waals surface area contributed by atoms with Gasteiger partial charge in [-0.25, -0.2) is 0 Å². The van der Waals surface area contributed by atoms with Gasteiger partial charge < -0.3 is 15.2 Å². The third kappa shape index (κ3) is 5.14. The first-order chi connectivity index (χ1) is 7.72. The Labute approximate surface area is 96.5 Å². The van der Waals surface area contributed by atoms with Gasteiger partial charge in [-0.05, 0) is 26.3 Å². The van der Waals surface area contributed by atoms with E-state index in [1.165, 1.54) is 0 Å². The van der Waals surface area contributed by atoms with E-state index in [4.69, 9.17) is 15.2 Å². The summed E-state index contributed by atoms with van der Waals surface area (Å²) in [6.45, 7) is 6.94. The topological polar surface area (TPSA) is 62.3 Å². The number of hydrogen-bond donors (Lipinski definition) is 1. The molecule has 1 aromatic rings. The van der Waals surface area contributed by atoms with Crippen molar-refractivity contribution in [1.29, 1.82) is 0 Å². The molecule has 0 saturated heterocycles. The molecule has 16 heavy (non-hydrogen) atoms. The van der Waals surface area contributed by atoms with E-state index < -0.39 is 0 Å². The van der Waals surface area contributed by atoms with Gasteiger partial charge in [0, 0.05) is 26.0 Å². The number of rotatable bonds is 8. The molecule has 0 radical (unpaired) electrons. The van der Waals surface area contributed by atoms with Gasteiger partial charge in [-0.2, -0.15) is 5.10 Å². The maximum Gasteiger partial charge on any atom is 0.145 e. The summed E-state index contributed by atoms with van der Waals surface area (Å²) in [4.78, 5) is 0. The number of nitrogen functional groups attached to an aromatic ring is 1. The summed E-state index contributed by atoms with van der Waals surface area (Å²) < 4.78 is 12.7. The molecule has 0 aliphatic heterocycles. The van der Waals surface area contributed by atoms with Crippen molar-refractivity contribution in [1.82, 2.24) is 9.78 Å². The minimum absolute atomic E-state index is 0.155. The number of anilines is 1. The number of aryl methyl sites for hydroxylation is 1. The van der Waals surface area contributed by atoms with Gasteiger partial charge in [-0.1, -0.05) is 0 Å².